The average molecular weight is 448 g/mol. The highest BCUT2D eigenvalue weighted by molar-refractivity contribution is 14.0. The molecular weight excluding hydrogens is 418 g/mol. The summed E-state index contributed by atoms with van der Waals surface area (Å²) in [6.07, 6.45) is 2.19. The Morgan fingerprint density at radius 2 is 1.96 bits per heavy atom. The van der Waals surface area contributed by atoms with E-state index in [0.29, 0.717) is 0 Å². The number of likely N-dealkylation sites (N-methyl/N-ethyl adjacent to an activating group) is 1. The molecule has 0 amide bonds. The van der Waals surface area contributed by atoms with Crippen LogP contribution in [0.5, 0.6) is 0 Å². The van der Waals surface area contributed by atoms with E-state index < -0.39 is 0 Å². The van der Waals surface area contributed by atoms with Gasteiger partial charge in [0.1, 0.15) is 5.82 Å². The van der Waals surface area contributed by atoms with Gasteiger partial charge in [0.15, 0.2) is 5.96 Å². The first-order chi connectivity index (χ1) is 11.1. The van der Waals surface area contributed by atoms with Crippen LogP contribution in [-0.2, 0) is 5.41 Å². The summed E-state index contributed by atoms with van der Waals surface area (Å²) in [6.45, 7) is 9.14. The molecule has 0 spiro atoms. The lowest BCUT2D eigenvalue weighted by Crippen LogP contribution is -2.44. The molecule has 1 fully saturated rings. The third-order valence-electron chi connectivity index (χ3n) is 4.72. The summed E-state index contributed by atoms with van der Waals surface area (Å²) in [5, 5.41) is 6.75. The molecule has 24 heavy (non-hydrogen) atoms. The minimum absolute atomic E-state index is 0. The molecule has 1 aliphatic rings. The number of hydrogen-bond donors (Lipinski definition) is 2. The van der Waals surface area contributed by atoms with E-state index in [1.54, 1.807) is 19.2 Å². The molecule has 136 valence electrons. The molecule has 2 rings (SSSR count). The Bertz CT molecular complexity index is 528. The van der Waals surface area contributed by atoms with Crippen molar-refractivity contribution < 1.29 is 4.39 Å². The zero-order valence-electron chi connectivity index (χ0n) is 14.9. The highest BCUT2D eigenvalue weighted by atomic mass is 127. The fourth-order valence-corrected chi connectivity index (χ4v) is 2.88. The Morgan fingerprint density at radius 1 is 1.25 bits per heavy atom. The van der Waals surface area contributed by atoms with Crippen molar-refractivity contribution in [1.29, 1.82) is 0 Å². The summed E-state index contributed by atoms with van der Waals surface area (Å²) >= 11 is 0. The van der Waals surface area contributed by atoms with Crippen LogP contribution in [0.4, 0.5) is 4.39 Å². The maximum absolute atomic E-state index is 13.4. The van der Waals surface area contributed by atoms with Crippen molar-refractivity contribution >= 4 is 29.9 Å². The van der Waals surface area contributed by atoms with Gasteiger partial charge in [0.05, 0.1) is 0 Å². The molecule has 1 saturated carbocycles. The average Bonchev–Trinajstić information content (AvgIpc) is 3.36. The van der Waals surface area contributed by atoms with Gasteiger partial charge in [0.25, 0.3) is 0 Å². The van der Waals surface area contributed by atoms with Crippen LogP contribution in [0.2, 0.25) is 0 Å². The Balaban J connectivity index is 0.00000288. The number of halogens is 2. The summed E-state index contributed by atoms with van der Waals surface area (Å²) in [5.74, 6) is 0.662. The highest BCUT2D eigenvalue weighted by Gasteiger charge is 2.44. The molecule has 1 aliphatic carbocycles. The van der Waals surface area contributed by atoms with Crippen molar-refractivity contribution in [2.75, 3.05) is 39.8 Å². The fraction of sp³-hybridized carbons (Fsp3) is 0.611. The van der Waals surface area contributed by atoms with Gasteiger partial charge in [-0.2, -0.15) is 0 Å². The quantitative estimate of drug-likeness (QED) is 0.365. The predicted octanol–water partition coefficient (Wildman–Crippen LogP) is 2.98. The van der Waals surface area contributed by atoms with Gasteiger partial charge in [-0.25, -0.2) is 4.39 Å². The van der Waals surface area contributed by atoms with Gasteiger partial charge in [-0.15, -0.1) is 24.0 Å². The van der Waals surface area contributed by atoms with Crippen molar-refractivity contribution in [3.8, 4) is 0 Å². The van der Waals surface area contributed by atoms with Crippen LogP contribution < -0.4 is 10.6 Å². The van der Waals surface area contributed by atoms with E-state index in [1.165, 1.54) is 6.07 Å². The molecule has 1 aromatic rings. The minimum atomic E-state index is -0.157. The van der Waals surface area contributed by atoms with Gasteiger partial charge in [-0.1, -0.05) is 26.0 Å². The van der Waals surface area contributed by atoms with Crippen molar-refractivity contribution in [1.82, 2.24) is 15.5 Å². The fourth-order valence-electron chi connectivity index (χ4n) is 2.88. The number of rotatable bonds is 8. The minimum Gasteiger partial charge on any atom is -0.356 e. The summed E-state index contributed by atoms with van der Waals surface area (Å²) in [4.78, 5) is 6.65. The molecule has 0 radical (unpaired) electrons. The zero-order valence-corrected chi connectivity index (χ0v) is 17.3. The summed E-state index contributed by atoms with van der Waals surface area (Å²) in [7, 11) is 1.79. The first-order valence-corrected chi connectivity index (χ1v) is 8.56. The van der Waals surface area contributed by atoms with E-state index in [2.05, 4.69) is 34.4 Å². The van der Waals surface area contributed by atoms with E-state index >= 15 is 0 Å². The lowest BCUT2D eigenvalue weighted by molar-refractivity contribution is 0.308. The maximum Gasteiger partial charge on any atom is 0.191 e. The Labute approximate surface area is 162 Å². The normalized spacial score (nSPS) is 15.8. The Hall–Kier alpha value is -0.890. The molecule has 0 bridgehead atoms. The third-order valence-corrected chi connectivity index (χ3v) is 4.72. The van der Waals surface area contributed by atoms with E-state index in [9.17, 15) is 4.39 Å². The molecule has 0 atom stereocenters. The van der Waals surface area contributed by atoms with Gasteiger partial charge in [-0.05, 0) is 43.6 Å². The molecule has 1 aromatic carbocycles. The van der Waals surface area contributed by atoms with E-state index in [1.807, 2.05) is 6.07 Å². The molecule has 0 heterocycles. The molecule has 2 N–H and O–H groups in total. The third kappa shape index (κ3) is 5.88. The van der Waals surface area contributed by atoms with Gasteiger partial charge in [0.2, 0.25) is 0 Å². The second-order valence-electron chi connectivity index (χ2n) is 6.17. The van der Waals surface area contributed by atoms with Crippen LogP contribution >= 0.6 is 24.0 Å². The lowest BCUT2D eigenvalue weighted by atomic mass is 9.96. The number of hydrogen-bond acceptors (Lipinski definition) is 2. The molecule has 6 heteroatoms. The monoisotopic (exact) mass is 448 g/mol. The highest BCUT2D eigenvalue weighted by Crippen LogP contribution is 2.47. The number of benzene rings is 1. The molecule has 4 nitrogen and oxygen atoms in total. The van der Waals surface area contributed by atoms with E-state index in [4.69, 9.17) is 0 Å². The maximum atomic E-state index is 13.4. The lowest BCUT2D eigenvalue weighted by Gasteiger charge is -2.21. The number of nitrogens with one attached hydrogen (secondary N) is 2. The van der Waals surface area contributed by atoms with Crippen molar-refractivity contribution in [3.63, 3.8) is 0 Å². The molecule has 0 saturated heterocycles. The van der Waals surface area contributed by atoms with Crippen molar-refractivity contribution in [3.05, 3.63) is 35.6 Å². The van der Waals surface area contributed by atoms with Crippen molar-refractivity contribution in [2.24, 2.45) is 4.99 Å². The van der Waals surface area contributed by atoms with E-state index in [-0.39, 0.29) is 35.2 Å². The van der Waals surface area contributed by atoms with Gasteiger partial charge >= 0.3 is 0 Å². The zero-order chi connectivity index (χ0) is 16.7. The van der Waals surface area contributed by atoms with Crippen LogP contribution in [0.3, 0.4) is 0 Å². The van der Waals surface area contributed by atoms with Gasteiger partial charge < -0.3 is 15.5 Å². The number of aliphatic imine (C=N–C) groups is 1. The van der Waals surface area contributed by atoms with Crippen LogP contribution in [0, 0.1) is 5.82 Å². The number of guanidine groups is 1. The van der Waals surface area contributed by atoms with Crippen LogP contribution in [0.25, 0.3) is 0 Å². The summed E-state index contributed by atoms with van der Waals surface area (Å²) < 4.78 is 13.4. The summed E-state index contributed by atoms with van der Waals surface area (Å²) in [6, 6.07) is 6.97. The Kier molecular flexibility index (Phi) is 8.97. The standard InChI is InChI=1S/C18H29FN4.HI/c1-4-23(5-2)12-11-21-17(20-3)22-14-18(9-10-18)15-7-6-8-16(19)13-15;/h6-8,13H,4-5,9-12,14H2,1-3H3,(H2,20,21,22);1H. The van der Waals surface area contributed by atoms with Crippen LogP contribution in [-0.4, -0.2) is 50.6 Å². The SMILES string of the molecule is CCN(CC)CCNC(=NC)NCC1(c2cccc(F)c2)CC1.I. The molecular formula is C18H30FIN4. The largest absolute Gasteiger partial charge is 0.356 e. The van der Waals surface area contributed by atoms with Gasteiger partial charge in [0, 0.05) is 32.1 Å². The first-order valence-electron chi connectivity index (χ1n) is 8.56. The first kappa shape index (κ1) is 21.2. The Morgan fingerprint density at radius 3 is 2.50 bits per heavy atom. The molecule has 0 aliphatic heterocycles. The topological polar surface area (TPSA) is 39.7 Å². The van der Waals surface area contributed by atoms with Crippen LogP contribution in [0.1, 0.15) is 32.3 Å². The molecule has 0 aromatic heterocycles. The smallest absolute Gasteiger partial charge is 0.191 e. The van der Waals surface area contributed by atoms with Gasteiger partial charge in [-0.3, -0.25) is 4.99 Å². The summed E-state index contributed by atoms with van der Waals surface area (Å²) in [5.41, 5.74) is 1.15. The molecule has 0 unspecified atom stereocenters. The van der Waals surface area contributed by atoms with Crippen LogP contribution in [0.15, 0.2) is 29.3 Å². The second kappa shape index (κ2) is 10.2. The van der Waals surface area contributed by atoms with E-state index in [0.717, 1.165) is 57.1 Å². The number of nitrogens with zero attached hydrogens (tertiary/aromatic N) is 2. The van der Waals surface area contributed by atoms with Crippen molar-refractivity contribution in [2.45, 2.75) is 32.1 Å². The second-order valence-corrected chi connectivity index (χ2v) is 6.17. The predicted molar refractivity (Wildman–Crippen MR) is 110 cm³/mol.